The first-order valence-corrected chi connectivity index (χ1v) is 7.83. The van der Waals surface area contributed by atoms with E-state index in [4.69, 9.17) is 4.74 Å². The Morgan fingerprint density at radius 2 is 1.90 bits per heavy atom. The summed E-state index contributed by atoms with van der Waals surface area (Å²) in [5.41, 5.74) is 0.774. The molecule has 116 valence electrons. The first-order chi connectivity index (χ1) is 9.73. The van der Waals surface area contributed by atoms with Gasteiger partial charge >= 0.3 is 5.97 Å². The van der Waals surface area contributed by atoms with Crippen molar-refractivity contribution in [3.8, 4) is 0 Å². The van der Waals surface area contributed by atoms with Crippen molar-refractivity contribution < 1.29 is 14.4 Å². The van der Waals surface area contributed by atoms with Crippen LogP contribution < -0.4 is 4.90 Å². The van der Waals surface area contributed by atoms with Crippen LogP contribution in [0.1, 0.15) is 46.6 Å². The molecule has 1 unspecified atom stereocenters. The number of nitrogens with one attached hydrogen (secondary N) is 1. The van der Waals surface area contributed by atoms with Gasteiger partial charge in [-0.15, -0.1) is 0 Å². The van der Waals surface area contributed by atoms with Crippen LogP contribution >= 0.6 is 0 Å². The fourth-order valence-electron chi connectivity index (χ4n) is 3.49. The average molecular weight is 290 g/mol. The maximum absolute atomic E-state index is 11.7. The second-order valence-electron chi connectivity index (χ2n) is 7.50. The SMILES string of the molecule is CC(=O)O[C@]1(c2ccccc2)C[C@@H](C)C[NH+](C(C)(C)C)C1. The van der Waals surface area contributed by atoms with Crippen LogP contribution in [0.5, 0.6) is 0 Å². The van der Waals surface area contributed by atoms with Gasteiger partial charge < -0.3 is 9.64 Å². The van der Waals surface area contributed by atoms with Crippen molar-refractivity contribution in [3.05, 3.63) is 35.9 Å². The molecule has 3 atom stereocenters. The number of rotatable bonds is 2. The Morgan fingerprint density at radius 1 is 1.29 bits per heavy atom. The lowest BCUT2D eigenvalue weighted by Gasteiger charge is -2.46. The highest BCUT2D eigenvalue weighted by Crippen LogP contribution is 2.34. The normalized spacial score (nSPS) is 30.0. The van der Waals surface area contributed by atoms with Crippen LogP contribution in [0.15, 0.2) is 30.3 Å². The highest BCUT2D eigenvalue weighted by atomic mass is 16.6. The van der Waals surface area contributed by atoms with Crippen molar-refractivity contribution in [2.45, 2.75) is 52.2 Å². The van der Waals surface area contributed by atoms with E-state index in [0.29, 0.717) is 5.92 Å². The molecule has 3 heteroatoms. The van der Waals surface area contributed by atoms with Gasteiger partial charge in [-0.2, -0.15) is 0 Å². The molecule has 0 aromatic heterocycles. The van der Waals surface area contributed by atoms with Gasteiger partial charge in [0.05, 0.1) is 12.1 Å². The fraction of sp³-hybridized carbons (Fsp3) is 0.611. The van der Waals surface area contributed by atoms with Gasteiger partial charge in [-0.1, -0.05) is 37.3 Å². The van der Waals surface area contributed by atoms with Crippen LogP contribution in [0, 0.1) is 5.92 Å². The highest BCUT2D eigenvalue weighted by Gasteiger charge is 2.48. The molecular formula is C18H28NO2+. The number of piperidine rings is 1. The summed E-state index contributed by atoms with van der Waals surface area (Å²) in [5, 5.41) is 0. The number of esters is 1. The van der Waals surface area contributed by atoms with E-state index in [1.54, 1.807) is 0 Å². The average Bonchev–Trinajstić information content (AvgIpc) is 2.37. The molecule has 0 saturated carbocycles. The second kappa shape index (κ2) is 5.80. The molecule has 1 N–H and O–H groups in total. The summed E-state index contributed by atoms with van der Waals surface area (Å²) in [6.45, 7) is 12.5. The van der Waals surface area contributed by atoms with Gasteiger partial charge in [0.25, 0.3) is 0 Å². The predicted octanol–water partition coefficient (Wildman–Crippen LogP) is 2.17. The summed E-state index contributed by atoms with van der Waals surface area (Å²) < 4.78 is 5.90. The van der Waals surface area contributed by atoms with Gasteiger partial charge in [0.1, 0.15) is 6.54 Å². The summed E-state index contributed by atoms with van der Waals surface area (Å²) in [6, 6.07) is 10.2. The number of quaternary nitrogens is 1. The monoisotopic (exact) mass is 290 g/mol. The number of ether oxygens (including phenoxy) is 1. The van der Waals surface area contributed by atoms with Crippen LogP contribution in [-0.4, -0.2) is 24.6 Å². The zero-order valence-corrected chi connectivity index (χ0v) is 13.9. The van der Waals surface area contributed by atoms with E-state index in [-0.39, 0.29) is 11.5 Å². The van der Waals surface area contributed by atoms with Gasteiger partial charge in [0.15, 0.2) is 5.60 Å². The largest absolute Gasteiger partial charge is 0.448 e. The molecule has 1 heterocycles. The molecule has 1 fully saturated rings. The Kier molecular flexibility index (Phi) is 4.43. The van der Waals surface area contributed by atoms with Gasteiger partial charge in [0.2, 0.25) is 0 Å². The summed E-state index contributed by atoms with van der Waals surface area (Å²) in [7, 11) is 0. The molecule has 1 aliphatic rings. The number of carbonyl (C=O) groups excluding carboxylic acids is 1. The number of hydrogen-bond donors (Lipinski definition) is 1. The smallest absolute Gasteiger partial charge is 0.303 e. The Hall–Kier alpha value is -1.35. The minimum absolute atomic E-state index is 0.148. The van der Waals surface area contributed by atoms with Gasteiger partial charge in [-0.25, -0.2) is 0 Å². The van der Waals surface area contributed by atoms with Crippen LogP contribution in [0.25, 0.3) is 0 Å². The second-order valence-corrected chi connectivity index (χ2v) is 7.50. The van der Waals surface area contributed by atoms with E-state index in [2.05, 4.69) is 39.8 Å². The molecule has 3 nitrogen and oxygen atoms in total. The van der Waals surface area contributed by atoms with Gasteiger partial charge in [-0.3, -0.25) is 4.79 Å². The molecule has 2 rings (SSSR count). The molecule has 0 aliphatic carbocycles. The maximum atomic E-state index is 11.7. The third kappa shape index (κ3) is 3.65. The summed E-state index contributed by atoms with van der Waals surface area (Å²) in [5.74, 6) is 0.328. The first kappa shape index (κ1) is 16.0. The third-order valence-corrected chi connectivity index (χ3v) is 4.47. The van der Waals surface area contributed by atoms with Crippen LogP contribution in [-0.2, 0) is 15.1 Å². The predicted molar refractivity (Wildman–Crippen MR) is 84.1 cm³/mol. The Balaban J connectivity index is 2.42. The lowest BCUT2D eigenvalue weighted by molar-refractivity contribution is -0.961. The lowest BCUT2D eigenvalue weighted by Crippen LogP contribution is -3.21. The van der Waals surface area contributed by atoms with E-state index in [1.807, 2.05) is 18.2 Å². The van der Waals surface area contributed by atoms with Crippen molar-refractivity contribution in [3.63, 3.8) is 0 Å². The lowest BCUT2D eigenvalue weighted by atomic mass is 9.79. The Labute approximate surface area is 128 Å². The fourth-order valence-corrected chi connectivity index (χ4v) is 3.49. The number of carbonyl (C=O) groups is 1. The summed E-state index contributed by atoms with van der Waals surface area (Å²) in [6.07, 6.45) is 0.899. The van der Waals surface area contributed by atoms with E-state index in [1.165, 1.54) is 11.8 Å². The van der Waals surface area contributed by atoms with E-state index < -0.39 is 5.60 Å². The quantitative estimate of drug-likeness (QED) is 0.846. The Bertz CT molecular complexity index is 492. The molecule has 1 aromatic carbocycles. The Morgan fingerprint density at radius 3 is 2.43 bits per heavy atom. The molecular weight excluding hydrogens is 262 g/mol. The molecule has 0 spiro atoms. The van der Waals surface area contributed by atoms with Gasteiger partial charge in [-0.05, 0) is 20.8 Å². The molecule has 1 aliphatic heterocycles. The first-order valence-electron chi connectivity index (χ1n) is 7.83. The molecule has 0 radical (unpaired) electrons. The van der Waals surface area contributed by atoms with Crippen LogP contribution in [0.4, 0.5) is 0 Å². The minimum Gasteiger partial charge on any atom is -0.448 e. The molecule has 1 aromatic rings. The zero-order chi connectivity index (χ0) is 15.7. The minimum atomic E-state index is -0.493. The van der Waals surface area contributed by atoms with E-state index in [9.17, 15) is 4.79 Å². The van der Waals surface area contributed by atoms with Crippen molar-refractivity contribution in [2.75, 3.05) is 13.1 Å². The van der Waals surface area contributed by atoms with Crippen molar-refractivity contribution >= 4 is 5.97 Å². The van der Waals surface area contributed by atoms with Crippen molar-refractivity contribution in [1.29, 1.82) is 0 Å². The maximum Gasteiger partial charge on any atom is 0.303 e. The third-order valence-electron chi connectivity index (χ3n) is 4.47. The molecule has 0 bridgehead atoms. The van der Waals surface area contributed by atoms with Crippen molar-refractivity contribution in [2.24, 2.45) is 5.92 Å². The van der Waals surface area contributed by atoms with E-state index >= 15 is 0 Å². The van der Waals surface area contributed by atoms with Crippen LogP contribution in [0.2, 0.25) is 0 Å². The van der Waals surface area contributed by atoms with Crippen LogP contribution in [0.3, 0.4) is 0 Å². The standard InChI is InChI=1S/C18H27NO2/c1-14-11-18(21-15(2)20,16-9-7-6-8-10-16)13-19(12-14)17(3,4)5/h6-10,14H,11-13H2,1-5H3/p+1/t14-,18-/m1/s1. The number of benzene rings is 1. The van der Waals surface area contributed by atoms with E-state index in [0.717, 1.165) is 25.1 Å². The highest BCUT2D eigenvalue weighted by molar-refractivity contribution is 5.67. The van der Waals surface area contributed by atoms with Gasteiger partial charge in [0, 0.05) is 24.8 Å². The molecule has 1 saturated heterocycles. The number of hydrogen-bond acceptors (Lipinski definition) is 2. The molecule has 0 amide bonds. The summed E-state index contributed by atoms with van der Waals surface area (Å²) in [4.78, 5) is 13.2. The zero-order valence-electron chi connectivity index (χ0n) is 13.9. The molecule has 21 heavy (non-hydrogen) atoms. The topological polar surface area (TPSA) is 30.7 Å². The number of likely N-dealkylation sites (tertiary alicyclic amines) is 1. The van der Waals surface area contributed by atoms with Crippen molar-refractivity contribution in [1.82, 2.24) is 0 Å². The summed E-state index contributed by atoms with van der Waals surface area (Å²) >= 11 is 0.